The Labute approximate surface area is 128 Å². The number of rotatable bonds is 5. The summed E-state index contributed by atoms with van der Waals surface area (Å²) in [6, 6.07) is 6.03. The molecule has 0 amide bonds. The fourth-order valence-electron chi connectivity index (χ4n) is 2.64. The Bertz CT molecular complexity index is 425. The predicted octanol–water partition coefficient (Wildman–Crippen LogP) is 4.94. The Morgan fingerprint density at radius 1 is 1.47 bits per heavy atom. The first-order chi connectivity index (χ1) is 9.17. The summed E-state index contributed by atoms with van der Waals surface area (Å²) in [5.41, 5.74) is 1.12. The van der Waals surface area contributed by atoms with Crippen LogP contribution in [0.5, 0.6) is 5.75 Å². The van der Waals surface area contributed by atoms with Crippen LogP contribution in [0.3, 0.4) is 0 Å². The molecule has 0 aromatic heterocycles. The minimum Gasteiger partial charge on any atom is -0.494 e. The van der Waals surface area contributed by atoms with Crippen molar-refractivity contribution in [3.63, 3.8) is 0 Å². The van der Waals surface area contributed by atoms with Gasteiger partial charge in [-0.1, -0.05) is 28.9 Å². The second-order valence-corrected chi connectivity index (χ2v) is 6.11. The number of ether oxygens (including phenoxy) is 2. The third-order valence-corrected chi connectivity index (χ3v) is 4.86. The standard InChI is InChI=1S/C15H20BrClO2/c1-3-14-12(7-8-19-14)15(17)11-6-5-10(18-4-2)9-13(11)16/h5-6,9,12,14-15H,3-4,7-8H2,1-2H3. The third-order valence-electron chi connectivity index (χ3n) is 3.62. The number of benzene rings is 1. The summed E-state index contributed by atoms with van der Waals surface area (Å²) in [7, 11) is 0. The van der Waals surface area contributed by atoms with Crippen molar-refractivity contribution >= 4 is 27.5 Å². The Morgan fingerprint density at radius 2 is 2.26 bits per heavy atom. The molecular weight excluding hydrogens is 328 g/mol. The van der Waals surface area contributed by atoms with Crippen molar-refractivity contribution in [2.45, 2.75) is 38.2 Å². The van der Waals surface area contributed by atoms with Crippen LogP contribution in [-0.4, -0.2) is 19.3 Å². The molecule has 0 radical (unpaired) electrons. The summed E-state index contributed by atoms with van der Waals surface area (Å²) in [5, 5.41) is -0.0162. The van der Waals surface area contributed by atoms with Crippen LogP contribution in [0, 0.1) is 5.92 Å². The minimum absolute atomic E-state index is 0.0162. The molecule has 3 atom stereocenters. The van der Waals surface area contributed by atoms with Gasteiger partial charge in [-0.3, -0.25) is 0 Å². The molecule has 0 aliphatic carbocycles. The number of alkyl halides is 1. The molecule has 2 rings (SSSR count). The van der Waals surface area contributed by atoms with E-state index in [1.54, 1.807) is 0 Å². The van der Waals surface area contributed by atoms with Gasteiger partial charge in [0, 0.05) is 17.0 Å². The van der Waals surface area contributed by atoms with Crippen LogP contribution in [0.15, 0.2) is 22.7 Å². The van der Waals surface area contributed by atoms with E-state index in [-0.39, 0.29) is 11.5 Å². The molecule has 1 fully saturated rings. The molecule has 1 aliphatic rings. The van der Waals surface area contributed by atoms with Gasteiger partial charge in [-0.05, 0) is 37.5 Å². The van der Waals surface area contributed by atoms with Crippen molar-refractivity contribution in [2.24, 2.45) is 5.92 Å². The highest BCUT2D eigenvalue weighted by molar-refractivity contribution is 9.10. The summed E-state index contributed by atoms with van der Waals surface area (Å²) in [4.78, 5) is 0. The van der Waals surface area contributed by atoms with Crippen molar-refractivity contribution in [3.8, 4) is 5.75 Å². The molecule has 0 N–H and O–H groups in total. The Morgan fingerprint density at radius 3 is 2.89 bits per heavy atom. The Balaban J connectivity index is 2.16. The van der Waals surface area contributed by atoms with Crippen molar-refractivity contribution in [2.75, 3.05) is 13.2 Å². The second kappa shape index (κ2) is 6.96. The monoisotopic (exact) mass is 346 g/mol. The number of hydrogen-bond donors (Lipinski definition) is 0. The maximum absolute atomic E-state index is 6.67. The number of hydrogen-bond acceptors (Lipinski definition) is 2. The van der Waals surface area contributed by atoms with Gasteiger partial charge in [0.2, 0.25) is 0 Å². The minimum atomic E-state index is -0.0162. The SMILES string of the molecule is CCOc1ccc(C(Cl)C2CCOC2CC)c(Br)c1. The van der Waals surface area contributed by atoms with Crippen LogP contribution in [0.25, 0.3) is 0 Å². The lowest BCUT2D eigenvalue weighted by atomic mass is 9.91. The van der Waals surface area contributed by atoms with Crippen LogP contribution >= 0.6 is 27.5 Å². The van der Waals surface area contributed by atoms with E-state index in [9.17, 15) is 0 Å². The van der Waals surface area contributed by atoms with E-state index in [0.29, 0.717) is 12.5 Å². The van der Waals surface area contributed by atoms with Gasteiger partial charge in [0.05, 0.1) is 18.1 Å². The predicted molar refractivity (Wildman–Crippen MR) is 82.0 cm³/mol. The van der Waals surface area contributed by atoms with Gasteiger partial charge in [0.1, 0.15) is 5.75 Å². The lowest BCUT2D eigenvalue weighted by molar-refractivity contribution is 0.0864. The zero-order valence-corrected chi connectivity index (χ0v) is 13.7. The van der Waals surface area contributed by atoms with Crippen LogP contribution in [0.4, 0.5) is 0 Å². The molecule has 0 saturated carbocycles. The van der Waals surface area contributed by atoms with E-state index in [2.05, 4.69) is 28.9 Å². The van der Waals surface area contributed by atoms with Gasteiger partial charge in [0.25, 0.3) is 0 Å². The van der Waals surface area contributed by atoms with Crippen LogP contribution in [0.1, 0.15) is 37.6 Å². The molecule has 0 bridgehead atoms. The first kappa shape index (κ1) is 15.1. The molecule has 2 nitrogen and oxygen atoms in total. The van der Waals surface area contributed by atoms with Gasteiger partial charge in [-0.2, -0.15) is 0 Å². The fraction of sp³-hybridized carbons (Fsp3) is 0.600. The van der Waals surface area contributed by atoms with Crippen LogP contribution in [0.2, 0.25) is 0 Å². The van der Waals surface area contributed by atoms with Gasteiger partial charge in [0.15, 0.2) is 0 Å². The van der Waals surface area contributed by atoms with E-state index in [1.165, 1.54) is 0 Å². The highest BCUT2D eigenvalue weighted by Gasteiger charge is 2.34. The summed E-state index contributed by atoms with van der Waals surface area (Å²) in [5.74, 6) is 1.26. The van der Waals surface area contributed by atoms with E-state index in [0.717, 1.165) is 35.2 Å². The first-order valence-electron chi connectivity index (χ1n) is 6.85. The quantitative estimate of drug-likeness (QED) is 0.702. The van der Waals surface area contributed by atoms with E-state index in [1.807, 2.05) is 19.1 Å². The largest absolute Gasteiger partial charge is 0.494 e. The molecule has 1 aliphatic heterocycles. The Hall–Kier alpha value is -0.250. The molecule has 1 aromatic carbocycles. The Kier molecular flexibility index (Phi) is 5.55. The van der Waals surface area contributed by atoms with Crippen molar-refractivity contribution in [3.05, 3.63) is 28.2 Å². The van der Waals surface area contributed by atoms with E-state index >= 15 is 0 Å². The van der Waals surface area contributed by atoms with Gasteiger partial charge in [-0.15, -0.1) is 11.6 Å². The molecule has 1 aromatic rings. The maximum atomic E-state index is 6.67. The molecule has 0 spiro atoms. The summed E-state index contributed by atoms with van der Waals surface area (Å²) < 4.78 is 12.2. The topological polar surface area (TPSA) is 18.5 Å². The fourth-order valence-corrected chi connectivity index (χ4v) is 3.85. The molecule has 106 valence electrons. The molecule has 3 unspecified atom stereocenters. The number of halogens is 2. The average Bonchev–Trinajstić information content (AvgIpc) is 2.87. The normalized spacial score (nSPS) is 24.4. The van der Waals surface area contributed by atoms with Crippen molar-refractivity contribution in [1.82, 2.24) is 0 Å². The van der Waals surface area contributed by atoms with E-state index < -0.39 is 0 Å². The van der Waals surface area contributed by atoms with Crippen LogP contribution < -0.4 is 4.74 Å². The zero-order chi connectivity index (χ0) is 13.8. The zero-order valence-electron chi connectivity index (χ0n) is 11.4. The summed E-state index contributed by atoms with van der Waals surface area (Å²) in [6.07, 6.45) is 2.33. The maximum Gasteiger partial charge on any atom is 0.120 e. The molecule has 4 heteroatoms. The molecular formula is C15H20BrClO2. The second-order valence-electron chi connectivity index (χ2n) is 4.79. The molecule has 19 heavy (non-hydrogen) atoms. The van der Waals surface area contributed by atoms with Gasteiger partial charge >= 0.3 is 0 Å². The van der Waals surface area contributed by atoms with E-state index in [4.69, 9.17) is 21.1 Å². The third kappa shape index (κ3) is 3.45. The first-order valence-corrected chi connectivity index (χ1v) is 8.08. The average molecular weight is 348 g/mol. The smallest absolute Gasteiger partial charge is 0.120 e. The molecule has 1 heterocycles. The van der Waals surface area contributed by atoms with Crippen molar-refractivity contribution in [1.29, 1.82) is 0 Å². The summed E-state index contributed by atoms with van der Waals surface area (Å²) >= 11 is 10.3. The van der Waals surface area contributed by atoms with Gasteiger partial charge < -0.3 is 9.47 Å². The highest BCUT2D eigenvalue weighted by Crippen LogP contribution is 2.42. The van der Waals surface area contributed by atoms with Crippen LogP contribution in [-0.2, 0) is 4.74 Å². The van der Waals surface area contributed by atoms with Crippen molar-refractivity contribution < 1.29 is 9.47 Å². The van der Waals surface area contributed by atoms with Gasteiger partial charge in [-0.25, -0.2) is 0 Å². The highest BCUT2D eigenvalue weighted by atomic mass is 79.9. The lowest BCUT2D eigenvalue weighted by Gasteiger charge is -2.23. The molecule has 1 saturated heterocycles. The summed E-state index contributed by atoms with van der Waals surface area (Å²) in [6.45, 7) is 5.62. The lowest BCUT2D eigenvalue weighted by Crippen LogP contribution is -2.19.